The third kappa shape index (κ3) is 4.05. The summed E-state index contributed by atoms with van der Waals surface area (Å²) in [5.41, 5.74) is 3.99. The van der Waals surface area contributed by atoms with Crippen LogP contribution in [0, 0.1) is 11.3 Å². The molecule has 0 atom stereocenters. The third-order valence-electron chi connectivity index (χ3n) is 2.66. The first-order valence-electron chi connectivity index (χ1n) is 6.62. The number of rotatable bonds is 5. The topological polar surface area (TPSA) is 74.2 Å². The van der Waals surface area contributed by atoms with Crippen molar-refractivity contribution in [3.8, 4) is 6.07 Å². The first kappa shape index (κ1) is 14.5. The molecule has 2 aromatic rings. The van der Waals surface area contributed by atoms with E-state index in [0.29, 0.717) is 5.89 Å². The van der Waals surface area contributed by atoms with Crippen molar-refractivity contribution in [2.45, 2.75) is 19.8 Å². The van der Waals surface area contributed by atoms with Crippen molar-refractivity contribution in [2.75, 3.05) is 5.43 Å². The van der Waals surface area contributed by atoms with Crippen LogP contribution in [0.3, 0.4) is 0 Å². The van der Waals surface area contributed by atoms with Gasteiger partial charge in [-0.3, -0.25) is 0 Å². The lowest BCUT2D eigenvalue weighted by Crippen LogP contribution is -1.89. The summed E-state index contributed by atoms with van der Waals surface area (Å²) < 4.78 is 5.45. The summed E-state index contributed by atoms with van der Waals surface area (Å²) in [6, 6.07) is 11.9. The molecule has 106 valence electrons. The molecule has 21 heavy (non-hydrogen) atoms. The zero-order valence-corrected chi connectivity index (χ0v) is 11.9. The second-order valence-corrected chi connectivity index (χ2v) is 4.66. The van der Waals surface area contributed by atoms with Crippen molar-refractivity contribution in [3.05, 3.63) is 53.6 Å². The molecular formula is C16H16N4O. The molecule has 5 nitrogen and oxygen atoms in total. The highest BCUT2D eigenvalue weighted by atomic mass is 16.4. The van der Waals surface area contributed by atoms with Gasteiger partial charge in [0.05, 0.1) is 0 Å². The van der Waals surface area contributed by atoms with Gasteiger partial charge < -0.3 is 4.42 Å². The molecule has 1 aromatic heterocycles. The normalized spacial score (nSPS) is 11.3. The molecule has 0 radical (unpaired) electrons. The molecule has 0 saturated carbocycles. The van der Waals surface area contributed by atoms with Gasteiger partial charge in [0, 0.05) is 12.1 Å². The minimum Gasteiger partial charge on any atom is -0.422 e. The zero-order valence-electron chi connectivity index (χ0n) is 11.9. The number of hydrogen-bond donors (Lipinski definition) is 1. The molecule has 0 fully saturated rings. The van der Waals surface area contributed by atoms with Gasteiger partial charge in [0.1, 0.15) is 6.07 Å². The smallest absolute Gasteiger partial charge is 0.252 e. The first-order valence-corrected chi connectivity index (χ1v) is 6.62. The van der Waals surface area contributed by atoms with Gasteiger partial charge in [0.15, 0.2) is 0 Å². The minimum atomic E-state index is 0.120. The minimum absolute atomic E-state index is 0.120. The SMILES string of the molecule is CC(C)c1nc(C#N)c(N/N=C/C=C/c2ccccc2)o1. The van der Waals surface area contributed by atoms with E-state index in [2.05, 4.69) is 15.5 Å². The number of benzene rings is 1. The number of hydrazone groups is 1. The van der Waals surface area contributed by atoms with E-state index in [9.17, 15) is 0 Å². The number of anilines is 1. The lowest BCUT2D eigenvalue weighted by Gasteiger charge is -1.95. The Kier molecular flexibility index (Phi) is 4.89. The van der Waals surface area contributed by atoms with E-state index in [1.54, 1.807) is 12.3 Å². The number of oxazole rings is 1. The Morgan fingerprint density at radius 1 is 1.33 bits per heavy atom. The summed E-state index contributed by atoms with van der Waals surface area (Å²) in [5.74, 6) is 0.907. The van der Waals surface area contributed by atoms with Crippen LogP contribution in [0.25, 0.3) is 6.08 Å². The molecule has 0 saturated heterocycles. The van der Waals surface area contributed by atoms with Gasteiger partial charge in [-0.2, -0.15) is 10.4 Å². The predicted octanol–water partition coefficient (Wildman–Crippen LogP) is 3.78. The summed E-state index contributed by atoms with van der Waals surface area (Å²) in [7, 11) is 0. The number of allylic oxidation sites excluding steroid dienone is 1. The molecule has 0 bridgehead atoms. The number of aromatic nitrogens is 1. The summed E-state index contributed by atoms with van der Waals surface area (Å²) in [4.78, 5) is 4.09. The van der Waals surface area contributed by atoms with Crippen LogP contribution in [-0.4, -0.2) is 11.2 Å². The molecule has 0 aliphatic carbocycles. The molecule has 1 aromatic carbocycles. The van der Waals surface area contributed by atoms with Crippen molar-refractivity contribution in [3.63, 3.8) is 0 Å². The van der Waals surface area contributed by atoms with E-state index in [4.69, 9.17) is 9.68 Å². The fraction of sp³-hybridized carbons (Fsp3) is 0.188. The second-order valence-electron chi connectivity index (χ2n) is 4.66. The van der Waals surface area contributed by atoms with Crippen LogP contribution >= 0.6 is 0 Å². The number of nitrogens with zero attached hydrogens (tertiary/aromatic N) is 3. The molecule has 0 spiro atoms. The third-order valence-corrected chi connectivity index (χ3v) is 2.66. The highest BCUT2D eigenvalue weighted by Gasteiger charge is 2.14. The van der Waals surface area contributed by atoms with Crippen molar-refractivity contribution in [1.82, 2.24) is 4.98 Å². The van der Waals surface area contributed by atoms with Gasteiger partial charge in [0.25, 0.3) is 5.88 Å². The van der Waals surface area contributed by atoms with E-state index in [1.807, 2.05) is 56.3 Å². The van der Waals surface area contributed by atoms with Crippen LogP contribution in [0.2, 0.25) is 0 Å². The Bertz CT molecular complexity index is 678. The van der Waals surface area contributed by atoms with Crippen LogP contribution < -0.4 is 5.43 Å². The molecule has 0 amide bonds. The van der Waals surface area contributed by atoms with Crippen LogP contribution in [0.15, 0.2) is 45.9 Å². The number of hydrogen-bond acceptors (Lipinski definition) is 5. The molecule has 0 unspecified atom stereocenters. The molecule has 0 aliphatic heterocycles. The molecule has 0 aliphatic rings. The van der Waals surface area contributed by atoms with Crippen molar-refractivity contribution in [2.24, 2.45) is 5.10 Å². The Morgan fingerprint density at radius 2 is 2.10 bits per heavy atom. The summed E-state index contributed by atoms with van der Waals surface area (Å²) >= 11 is 0. The average Bonchev–Trinajstić information content (AvgIpc) is 2.91. The van der Waals surface area contributed by atoms with Crippen LogP contribution in [0.1, 0.15) is 36.9 Å². The van der Waals surface area contributed by atoms with Crippen molar-refractivity contribution < 1.29 is 4.42 Å². The van der Waals surface area contributed by atoms with Crippen LogP contribution in [-0.2, 0) is 0 Å². The van der Waals surface area contributed by atoms with E-state index in [1.165, 1.54) is 0 Å². The lowest BCUT2D eigenvalue weighted by atomic mass is 10.2. The number of nitriles is 1. The Morgan fingerprint density at radius 3 is 2.76 bits per heavy atom. The standard InChI is InChI=1S/C16H16N4O/c1-12(2)15-19-14(11-17)16(21-15)20-18-10-6-9-13-7-4-3-5-8-13/h3-10,12,20H,1-2H3/b9-6+,18-10+. The second kappa shape index (κ2) is 7.06. The van der Waals surface area contributed by atoms with Gasteiger partial charge in [-0.15, -0.1) is 0 Å². The molecule has 1 heterocycles. The average molecular weight is 280 g/mol. The predicted molar refractivity (Wildman–Crippen MR) is 82.9 cm³/mol. The maximum atomic E-state index is 8.99. The Labute approximate surface area is 123 Å². The van der Waals surface area contributed by atoms with Crippen molar-refractivity contribution in [1.29, 1.82) is 5.26 Å². The van der Waals surface area contributed by atoms with Gasteiger partial charge in [0.2, 0.25) is 11.6 Å². The molecule has 5 heteroatoms. The summed E-state index contributed by atoms with van der Waals surface area (Å²) in [5, 5.41) is 13.0. The highest BCUT2D eigenvalue weighted by Crippen LogP contribution is 2.21. The quantitative estimate of drug-likeness (QED) is 0.668. The monoisotopic (exact) mass is 280 g/mol. The zero-order chi connectivity index (χ0) is 15.1. The summed E-state index contributed by atoms with van der Waals surface area (Å²) in [6.45, 7) is 3.89. The maximum Gasteiger partial charge on any atom is 0.252 e. The Hall–Kier alpha value is -2.87. The summed E-state index contributed by atoms with van der Waals surface area (Å²) in [6.07, 6.45) is 5.32. The van der Waals surface area contributed by atoms with E-state index < -0.39 is 0 Å². The Balaban J connectivity index is 1.98. The van der Waals surface area contributed by atoms with E-state index in [-0.39, 0.29) is 17.5 Å². The van der Waals surface area contributed by atoms with Crippen LogP contribution in [0.4, 0.5) is 5.88 Å². The maximum absolute atomic E-state index is 8.99. The largest absolute Gasteiger partial charge is 0.422 e. The van der Waals surface area contributed by atoms with Crippen LogP contribution in [0.5, 0.6) is 0 Å². The van der Waals surface area contributed by atoms with Gasteiger partial charge in [-0.25, -0.2) is 10.4 Å². The highest BCUT2D eigenvalue weighted by molar-refractivity contribution is 5.78. The molecular weight excluding hydrogens is 264 g/mol. The first-order chi connectivity index (χ1) is 10.2. The molecule has 2 rings (SSSR count). The van der Waals surface area contributed by atoms with E-state index in [0.717, 1.165) is 5.56 Å². The van der Waals surface area contributed by atoms with Gasteiger partial charge in [-0.1, -0.05) is 50.3 Å². The number of nitrogens with one attached hydrogen (secondary N) is 1. The van der Waals surface area contributed by atoms with Gasteiger partial charge >= 0.3 is 0 Å². The fourth-order valence-electron chi connectivity index (χ4n) is 1.59. The van der Waals surface area contributed by atoms with Crippen molar-refractivity contribution >= 4 is 18.2 Å². The lowest BCUT2D eigenvalue weighted by molar-refractivity contribution is 0.481. The molecule has 1 N–H and O–H groups in total. The fourth-order valence-corrected chi connectivity index (χ4v) is 1.59. The van der Waals surface area contributed by atoms with Gasteiger partial charge in [-0.05, 0) is 11.6 Å². The van der Waals surface area contributed by atoms with E-state index >= 15 is 0 Å².